The molecule has 0 radical (unpaired) electrons. The molecule has 0 spiro atoms. The van der Waals surface area contributed by atoms with Gasteiger partial charge in [-0.2, -0.15) is 0 Å². The molecule has 3 aliphatic rings. The predicted octanol–water partition coefficient (Wildman–Crippen LogP) is 1.28. The van der Waals surface area contributed by atoms with E-state index in [0.717, 1.165) is 63.7 Å². The molecule has 6 heteroatoms. The van der Waals surface area contributed by atoms with Crippen molar-refractivity contribution in [1.29, 1.82) is 0 Å². The van der Waals surface area contributed by atoms with Crippen molar-refractivity contribution >= 4 is 5.91 Å². The van der Waals surface area contributed by atoms with E-state index >= 15 is 0 Å². The minimum Gasteiger partial charge on any atom is -0.486 e. The molecule has 2 saturated heterocycles. The highest BCUT2D eigenvalue weighted by Crippen LogP contribution is 2.31. The normalized spacial score (nSPS) is 24.2. The number of benzene rings is 1. The Labute approximate surface area is 142 Å². The Morgan fingerprint density at radius 2 is 1.83 bits per heavy atom. The van der Waals surface area contributed by atoms with Gasteiger partial charge in [0.15, 0.2) is 11.5 Å². The Morgan fingerprint density at radius 3 is 2.58 bits per heavy atom. The highest BCUT2D eigenvalue weighted by Gasteiger charge is 2.30. The van der Waals surface area contributed by atoms with Crippen LogP contribution in [0.25, 0.3) is 0 Å². The molecule has 0 aliphatic carbocycles. The molecule has 4 rings (SSSR count). The van der Waals surface area contributed by atoms with E-state index in [1.165, 1.54) is 5.56 Å². The predicted molar refractivity (Wildman–Crippen MR) is 88.3 cm³/mol. The lowest BCUT2D eigenvalue weighted by Gasteiger charge is -2.35. The number of carbonyl (C=O) groups is 1. The summed E-state index contributed by atoms with van der Waals surface area (Å²) in [5, 5.41) is 0. The Morgan fingerprint density at radius 1 is 1.04 bits per heavy atom. The van der Waals surface area contributed by atoms with Crippen LogP contribution in [0.3, 0.4) is 0 Å². The molecule has 1 amide bonds. The molecule has 0 aromatic heterocycles. The first-order valence-corrected chi connectivity index (χ1v) is 8.81. The lowest BCUT2D eigenvalue weighted by molar-refractivity contribution is -0.142. The molecule has 6 nitrogen and oxygen atoms in total. The van der Waals surface area contributed by atoms with Gasteiger partial charge >= 0.3 is 0 Å². The first kappa shape index (κ1) is 15.7. The van der Waals surface area contributed by atoms with Crippen LogP contribution >= 0.6 is 0 Å². The van der Waals surface area contributed by atoms with E-state index in [-0.39, 0.29) is 12.0 Å². The molecule has 3 aliphatic heterocycles. The summed E-state index contributed by atoms with van der Waals surface area (Å²) < 4.78 is 16.7. The molecular weight excluding hydrogens is 308 g/mol. The van der Waals surface area contributed by atoms with Gasteiger partial charge in [0.25, 0.3) is 5.91 Å². The van der Waals surface area contributed by atoms with Gasteiger partial charge < -0.3 is 19.1 Å². The highest BCUT2D eigenvalue weighted by molar-refractivity contribution is 5.81. The largest absolute Gasteiger partial charge is 0.486 e. The van der Waals surface area contributed by atoms with Crippen molar-refractivity contribution in [2.45, 2.75) is 25.5 Å². The van der Waals surface area contributed by atoms with Gasteiger partial charge in [0.2, 0.25) is 0 Å². The SMILES string of the molecule is O=C([C@H]1CCCO1)N1CCN(Cc2ccc3c(c2)OCCO3)CC1. The van der Waals surface area contributed by atoms with Crippen LogP contribution in [0.5, 0.6) is 11.5 Å². The zero-order valence-electron chi connectivity index (χ0n) is 13.9. The lowest BCUT2D eigenvalue weighted by atomic mass is 10.1. The summed E-state index contributed by atoms with van der Waals surface area (Å²) >= 11 is 0. The Bertz CT molecular complexity index is 593. The average Bonchev–Trinajstić information content (AvgIpc) is 3.16. The van der Waals surface area contributed by atoms with Gasteiger partial charge in [-0.25, -0.2) is 0 Å². The van der Waals surface area contributed by atoms with Gasteiger partial charge in [0.05, 0.1) is 0 Å². The summed E-state index contributed by atoms with van der Waals surface area (Å²) in [4.78, 5) is 16.7. The van der Waals surface area contributed by atoms with Gasteiger partial charge in [-0.1, -0.05) is 6.07 Å². The van der Waals surface area contributed by atoms with E-state index in [2.05, 4.69) is 17.0 Å². The Hall–Kier alpha value is -1.79. The second kappa shape index (κ2) is 6.99. The van der Waals surface area contributed by atoms with Crippen LogP contribution < -0.4 is 9.47 Å². The van der Waals surface area contributed by atoms with Crippen LogP contribution in [0, 0.1) is 0 Å². The van der Waals surface area contributed by atoms with Crippen molar-refractivity contribution in [2.75, 3.05) is 46.0 Å². The third-order valence-electron chi connectivity index (χ3n) is 4.90. The molecule has 0 saturated carbocycles. The maximum atomic E-state index is 12.4. The van der Waals surface area contributed by atoms with Gasteiger partial charge in [0.1, 0.15) is 19.3 Å². The fourth-order valence-electron chi connectivity index (χ4n) is 3.55. The lowest BCUT2D eigenvalue weighted by Crippen LogP contribution is -2.51. The van der Waals surface area contributed by atoms with E-state index in [4.69, 9.17) is 14.2 Å². The van der Waals surface area contributed by atoms with Crippen molar-refractivity contribution in [3.63, 3.8) is 0 Å². The molecule has 1 atom stereocenters. The van der Waals surface area contributed by atoms with Crippen LogP contribution in [0.15, 0.2) is 18.2 Å². The first-order chi connectivity index (χ1) is 11.8. The number of piperazine rings is 1. The van der Waals surface area contributed by atoms with E-state index in [9.17, 15) is 4.79 Å². The number of hydrogen-bond acceptors (Lipinski definition) is 5. The molecule has 0 N–H and O–H groups in total. The quantitative estimate of drug-likeness (QED) is 0.835. The Kier molecular flexibility index (Phi) is 4.58. The van der Waals surface area contributed by atoms with E-state index in [0.29, 0.717) is 13.2 Å². The summed E-state index contributed by atoms with van der Waals surface area (Å²) in [7, 11) is 0. The molecule has 0 unspecified atom stereocenters. The smallest absolute Gasteiger partial charge is 0.251 e. The number of nitrogens with zero attached hydrogens (tertiary/aromatic N) is 2. The van der Waals surface area contributed by atoms with Gasteiger partial charge in [-0.05, 0) is 30.5 Å². The number of ether oxygens (including phenoxy) is 3. The van der Waals surface area contributed by atoms with Crippen LogP contribution in [0.1, 0.15) is 18.4 Å². The maximum absolute atomic E-state index is 12.4. The van der Waals surface area contributed by atoms with Crippen molar-refractivity contribution < 1.29 is 19.0 Å². The number of carbonyl (C=O) groups excluding carboxylic acids is 1. The molecule has 1 aromatic rings. The molecule has 2 fully saturated rings. The fourth-order valence-corrected chi connectivity index (χ4v) is 3.55. The zero-order valence-corrected chi connectivity index (χ0v) is 13.9. The summed E-state index contributed by atoms with van der Waals surface area (Å²) in [5.74, 6) is 1.84. The fraction of sp³-hybridized carbons (Fsp3) is 0.611. The van der Waals surface area contributed by atoms with Crippen molar-refractivity contribution in [3.8, 4) is 11.5 Å². The minimum absolute atomic E-state index is 0.173. The zero-order chi connectivity index (χ0) is 16.4. The molecular formula is C18H24N2O4. The van der Waals surface area contributed by atoms with Crippen molar-refractivity contribution in [1.82, 2.24) is 9.80 Å². The third kappa shape index (κ3) is 3.35. The minimum atomic E-state index is -0.200. The van der Waals surface area contributed by atoms with Crippen LogP contribution in [-0.4, -0.2) is 67.8 Å². The van der Waals surface area contributed by atoms with Crippen LogP contribution in [0.2, 0.25) is 0 Å². The van der Waals surface area contributed by atoms with Crippen LogP contribution in [-0.2, 0) is 16.1 Å². The van der Waals surface area contributed by atoms with Crippen molar-refractivity contribution in [3.05, 3.63) is 23.8 Å². The van der Waals surface area contributed by atoms with E-state index in [1.807, 2.05) is 11.0 Å². The second-order valence-corrected chi connectivity index (χ2v) is 6.58. The first-order valence-electron chi connectivity index (χ1n) is 8.81. The number of fused-ring (bicyclic) bond motifs is 1. The summed E-state index contributed by atoms with van der Waals surface area (Å²) in [6, 6.07) is 6.15. The summed E-state index contributed by atoms with van der Waals surface area (Å²) in [6.07, 6.45) is 1.67. The number of hydrogen-bond donors (Lipinski definition) is 0. The van der Waals surface area contributed by atoms with E-state index < -0.39 is 0 Å². The molecule has 0 bridgehead atoms. The maximum Gasteiger partial charge on any atom is 0.251 e. The topological polar surface area (TPSA) is 51.2 Å². The summed E-state index contributed by atoms with van der Waals surface area (Å²) in [6.45, 7) is 6.18. The van der Waals surface area contributed by atoms with Gasteiger partial charge in [0, 0.05) is 39.3 Å². The Balaban J connectivity index is 1.30. The molecule has 24 heavy (non-hydrogen) atoms. The standard InChI is InChI=1S/C18H24N2O4/c21-18(16-2-1-9-22-16)20-7-5-19(6-8-20)13-14-3-4-15-17(12-14)24-11-10-23-15/h3-4,12,16H,1-2,5-11,13H2/t16-/m1/s1. The average molecular weight is 332 g/mol. The summed E-state index contributed by atoms with van der Waals surface area (Å²) in [5.41, 5.74) is 1.22. The third-order valence-corrected chi connectivity index (χ3v) is 4.90. The number of amides is 1. The molecule has 3 heterocycles. The van der Waals surface area contributed by atoms with Gasteiger partial charge in [-0.15, -0.1) is 0 Å². The monoisotopic (exact) mass is 332 g/mol. The van der Waals surface area contributed by atoms with Gasteiger partial charge in [-0.3, -0.25) is 9.69 Å². The molecule has 1 aromatic carbocycles. The highest BCUT2D eigenvalue weighted by atomic mass is 16.6. The van der Waals surface area contributed by atoms with Crippen LogP contribution in [0.4, 0.5) is 0 Å². The second-order valence-electron chi connectivity index (χ2n) is 6.58. The number of rotatable bonds is 3. The van der Waals surface area contributed by atoms with Crippen molar-refractivity contribution in [2.24, 2.45) is 0 Å². The molecule has 130 valence electrons. The van der Waals surface area contributed by atoms with E-state index in [1.54, 1.807) is 0 Å².